The first-order valence-electron chi connectivity index (χ1n) is 2.21. The van der Waals surface area contributed by atoms with E-state index in [1.54, 1.807) is 12.3 Å². The summed E-state index contributed by atoms with van der Waals surface area (Å²) in [5.74, 6) is 0. The lowest BCUT2D eigenvalue weighted by Gasteiger charge is -1.94. The highest BCUT2D eigenvalue weighted by Crippen LogP contribution is 2.25. The van der Waals surface area contributed by atoms with E-state index >= 15 is 0 Å². The molecule has 1 aromatic rings. The fourth-order valence-corrected chi connectivity index (χ4v) is 0.917. The fourth-order valence-electron chi connectivity index (χ4n) is 0.409. The predicted molar refractivity (Wildman–Crippen MR) is 41.5 cm³/mol. The highest BCUT2D eigenvalue weighted by Gasteiger charge is 1.99. The topological polar surface area (TPSA) is 12.9 Å². The van der Waals surface area contributed by atoms with Crippen molar-refractivity contribution in [1.29, 1.82) is 0 Å². The first kappa shape index (κ1) is 7.19. The van der Waals surface area contributed by atoms with Crippen molar-refractivity contribution in [2.45, 2.75) is 4.90 Å². The summed E-state index contributed by atoms with van der Waals surface area (Å²) in [6, 6.07) is 1.68. The molecule has 0 aliphatic heterocycles. The average Bonchev–Trinajstić information content (AvgIpc) is 1.83. The third-order valence-corrected chi connectivity index (χ3v) is 2.10. The van der Waals surface area contributed by atoms with E-state index < -0.39 is 0 Å². The summed E-state index contributed by atoms with van der Waals surface area (Å²) < 4.78 is 0. The van der Waals surface area contributed by atoms with Crippen molar-refractivity contribution in [3.63, 3.8) is 0 Å². The van der Waals surface area contributed by atoms with Crippen LogP contribution >= 0.6 is 35.8 Å². The molecule has 0 N–H and O–H groups in total. The Morgan fingerprint density at radius 3 is 2.56 bits per heavy atom. The molecule has 0 aliphatic carbocycles. The van der Waals surface area contributed by atoms with Crippen molar-refractivity contribution in [2.24, 2.45) is 0 Å². The van der Waals surface area contributed by atoms with Gasteiger partial charge in [0, 0.05) is 11.1 Å². The van der Waals surface area contributed by atoms with Gasteiger partial charge in [-0.3, -0.25) is 0 Å². The molecular formula is C5H3Cl2NS. The van der Waals surface area contributed by atoms with Crippen LogP contribution in [0.25, 0.3) is 0 Å². The van der Waals surface area contributed by atoms with Gasteiger partial charge in [0.2, 0.25) is 0 Å². The molecule has 0 fully saturated rings. The zero-order valence-electron chi connectivity index (χ0n) is 4.31. The van der Waals surface area contributed by atoms with Crippen LogP contribution in [0.15, 0.2) is 17.2 Å². The highest BCUT2D eigenvalue weighted by atomic mass is 35.5. The van der Waals surface area contributed by atoms with Crippen molar-refractivity contribution >= 4 is 35.8 Å². The van der Waals surface area contributed by atoms with Crippen LogP contribution < -0.4 is 0 Å². The molecule has 0 spiro atoms. The minimum Gasteiger partial charge on any atom is -0.243 e. The second-order valence-corrected chi connectivity index (χ2v) is 2.65. The van der Waals surface area contributed by atoms with Gasteiger partial charge in [0.15, 0.2) is 0 Å². The Kier molecular flexibility index (Phi) is 2.22. The molecule has 1 rings (SSSR count). The zero-order valence-corrected chi connectivity index (χ0v) is 6.71. The molecule has 0 atom stereocenters. The third kappa shape index (κ3) is 1.51. The van der Waals surface area contributed by atoms with E-state index in [0.717, 1.165) is 0 Å². The maximum Gasteiger partial charge on any atom is 0.148 e. The number of halogens is 2. The first-order valence-corrected chi connectivity index (χ1v) is 3.41. The van der Waals surface area contributed by atoms with Crippen molar-refractivity contribution in [3.8, 4) is 0 Å². The summed E-state index contributed by atoms with van der Waals surface area (Å²) in [5.41, 5.74) is 0. The summed E-state index contributed by atoms with van der Waals surface area (Å²) in [7, 11) is 0. The lowest BCUT2D eigenvalue weighted by atomic mass is 10.5. The Bertz CT molecular complexity index is 206. The van der Waals surface area contributed by atoms with E-state index in [1.807, 2.05) is 0 Å². The van der Waals surface area contributed by atoms with Gasteiger partial charge in [-0.25, -0.2) is 4.98 Å². The highest BCUT2D eigenvalue weighted by molar-refractivity contribution is 7.80. The van der Waals surface area contributed by atoms with E-state index in [-0.39, 0.29) is 0 Å². The van der Waals surface area contributed by atoms with Gasteiger partial charge >= 0.3 is 0 Å². The van der Waals surface area contributed by atoms with Crippen LogP contribution in [0, 0.1) is 0 Å². The largest absolute Gasteiger partial charge is 0.243 e. The number of nitrogens with zero attached hydrogens (tertiary/aromatic N) is 1. The van der Waals surface area contributed by atoms with Gasteiger partial charge in [-0.1, -0.05) is 23.2 Å². The Morgan fingerprint density at radius 2 is 2.11 bits per heavy atom. The minimum absolute atomic E-state index is 0.296. The average molecular weight is 180 g/mol. The number of pyridine rings is 1. The Morgan fingerprint density at radius 1 is 1.44 bits per heavy atom. The smallest absolute Gasteiger partial charge is 0.148 e. The second-order valence-electron chi connectivity index (χ2n) is 1.43. The summed E-state index contributed by atoms with van der Waals surface area (Å²) >= 11 is 15.1. The number of hydrogen-bond donors (Lipinski definition) is 1. The molecule has 9 heavy (non-hydrogen) atoms. The third-order valence-electron chi connectivity index (χ3n) is 0.826. The van der Waals surface area contributed by atoms with Crippen LogP contribution in [-0.2, 0) is 0 Å². The van der Waals surface area contributed by atoms with E-state index in [2.05, 4.69) is 17.6 Å². The van der Waals surface area contributed by atoms with Crippen molar-refractivity contribution in [2.75, 3.05) is 0 Å². The SMILES string of the molecule is Sc1ccnc(Cl)c1Cl. The van der Waals surface area contributed by atoms with Crippen LogP contribution in [0.2, 0.25) is 10.2 Å². The first-order chi connectivity index (χ1) is 4.22. The van der Waals surface area contributed by atoms with E-state index in [9.17, 15) is 0 Å². The molecular weight excluding hydrogens is 177 g/mol. The molecule has 0 radical (unpaired) electrons. The molecule has 0 saturated heterocycles. The minimum atomic E-state index is 0.296. The second kappa shape index (κ2) is 2.78. The molecule has 0 bridgehead atoms. The molecule has 1 aromatic heterocycles. The van der Waals surface area contributed by atoms with Gasteiger partial charge in [-0.15, -0.1) is 12.6 Å². The standard InChI is InChI=1S/C5H3Cl2NS/c6-4-3(9)1-2-8-5(4)7/h1-2H,(H,8,9). The van der Waals surface area contributed by atoms with E-state index in [1.165, 1.54) is 0 Å². The molecule has 0 amide bonds. The maximum absolute atomic E-state index is 5.61. The van der Waals surface area contributed by atoms with E-state index in [4.69, 9.17) is 23.2 Å². The quantitative estimate of drug-likeness (QED) is 0.478. The predicted octanol–water partition coefficient (Wildman–Crippen LogP) is 2.68. The lowest BCUT2D eigenvalue weighted by Crippen LogP contribution is -1.75. The molecule has 0 saturated carbocycles. The van der Waals surface area contributed by atoms with Gasteiger partial charge in [-0.05, 0) is 6.07 Å². The van der Waals surface area contributed by atoms with Crippen molar-refractivity contribution in [1.82, 2.24) is 4.98 Å². The molecule has 1 heterocycles. The molecule has 4 heteroatoms. The molecule has 0 aromatic carbocycles. The van der Waals surface area contributed by atoms with Crippen molar-refractivity contribution in [3.05, 3.63) is 22.4 Å². The van der Waals surface area contributed by atoms with Gasteiger partial charge < -0.3 is 0 Å². The number of rotatable bonds is 0. The maximum atomic E-state index is 5.61. The monoisotopic (exact) mass is 179 g/mol. The summed E-state index contributed by atoms with van der Waals surface area (Å²) in [6.07, 6.45) is 1.55. The summed E-state index contributed by atoms with van der Waals surface area (Å²) in [5, 5.41) is 0.701. The molecule has 0 aliphatic rings. The van der Waals surface area contributed by atoms with Crippen LogP contribution in [0.3, 0.4) is 0 Å². The molecule has 1 nitrogen and oxygen atoms in total. The fraction of sp³-hybridized carbons (Fsp3) is 0. The summed E-state index contributed by atoms with van der Waals surface area (Å²) in [4.78, 5) is 4.37. The Hall–Kier alpha value is 0.0800. The Labute approximate surface area is 68.4 Å². The number of aromatic nitrogens is 1. The van der Waals surface area contributed by atoms with Crippen LogP contribution in [-0.4, -0.2) is 4.98 Å². The zero-order chi connectivity index (χ0) is 6.85. The van der Waals surface area contributed by atoms with Crippen LogP contribution in [0.1, 0.15) is 0 Å². The number of thiol groups is 1. The molecule has 0 unspecified atom stereocenters. The van der Waals surface area contributed by atoms with Gasteiger partial charge in [0.25, 0.3) is 0 Å². The van der Waals surface area contributed by atoms with Gasteiger partial charge in [-0.2, -0.15) is 0 Å². The summed E-state index contributed by atoms with van der Waals surface area (Å²) in [6.45, 7) is 0. The Balaban J connectivity index is 3.25. The van der Waals surface area contributed by atoms with Crippen LogP contribution in [0.5, 0.6) is 0 Å². The normalized spacial score (nSPS) is 9.67. The molecule has 48 valence electrons. The number of hydrogen-bond acceptors (Lipinski definition) is 2. The van der Waals surface area contributed by atoms with E-state index in [0.29, 0.717) is 15.1 Å². The van der Waals surface area contributed by atoms with Crippen molar-refractivity contribution < 1.29 is 0 Å². The van der Waals surface area contributed by atoms with Crippen LogP contribution in [0.4, 0.5) is 0 Å². The van der Waals surface area contributed by atoms with Gasteiger partial charge in [0.05, 0.1) is 5.02 Å². The lowest BCUT2D eigenvalue weighted by molar-refractivity contribution is 1.27. The van der Waals surface area contributed by atoms with Gasteiger partial charge in [0.1, 0.15) is 5.15 Å².